The molecule has 18 heavy (non-hydrogen) atoms. The Balaban J connectivity index is 2.46. The van der Waals surface area contributed by atoms with Crippen molar-refractivity contribution in [3.8, 4) is 0 Å². The zero-order valence-electron chi connectivity index (χ0n) is 9.71. The van der Waals surface area contributed by atoms with Crippen LogP contribution in [0.1, 0.15) is 24.3 Å². The summed E-state index contributed by atoms with van der Waals surface area (Å²) >= 11 is 5.53. The lowest BCUT2D eigenvalue weighted by Gasteiger charge is -2.17. The van der Waals surface area contributed by atoms with Gasteiger partial charge in [0.2, 0.25) is 0 Å². The molecule has 0 saturated carbocycles. The molecule has 0 aliphatic heterocycles. The van der Waals surface area contributed by atoms with Crippen molar-refractivity contribution < 1.29 is 13.2 Å². The van der Waals surface area contributed by atoms with Crippen LogP contribution in [0, 0.1) is 11.6 Å². The Kier molecular flexibility index (Phi) is 3.99. The number of nitrogens with one attached hydrogen (secondary N) is 1. The first kappa shape index (κ1) is 13.1. The van der Waals surface area contributed by atoms with E-state index in [2.05, 4.69) is 5.32 Å². The first-order valence-electron chi connectivity index (χ1n) is 5.54. The SMILES string of the molecule is CCNC(c1ccco1)c1cc(F)c(Cl)cc1F. The van der Waals surface area contributed by atoms with Gasteiger partial charge in [0, 0.05) is 5.56 Å². The van der Waals surface area contributed by atoms with Crippen molar-refractivity contribution in [3.05, 3.63) is 58.5 Å². The highest BCUT2D eigenvalue weighted by atomic mass is 35.5. The van der Waals surface area contributed by atoms with E-state index in [4.69, 9.17) is 16.0 Å². The van der Waals surface area contributed by atoms with Gasteiger partial charge in [0.05, 0.1) is 17.3 Å². The largest absolute Gasteiger partial charge is 0.467 e. The second-order valence-corrected chi connectivity index (χ2v) is 4.20. The van der Waals surface area contributed by atoms with E-state index in [0.29, 0.717) is 12.3 Å². The molecule has 2 rings (SSSR count). The zero-order valence-corrected chi connectivity index (χ0v) is 10.5. The molecule has 96 valence electrons. The van der Waals surface area contributed by atoms with Crippen molar-refractivity contribution >= 4 is 11.6 Å². The summed E-state index contributed by atoms with van der Waals surface area (Å²) in [4.78, 5) is 0. The van der Waals surface area contributed by atoms with Gasteiger partial charge in [-0.05, 0) is 30.8 Å². The molecule has 5 heteroatoms. The first-order chi connectivity index (χ1) is 8.63. The van der Waals surface area contributed by atoms with Crippen LogP contribution in [-0.4, -0.2) is 6.54 Å². The topological polar surface area (TPSA) is 25.2 Å². The molecule has 0 radical (unpaired) electrons. The van der Waals surface area contributed by atoms with Gasteiger partial charge in [0.25, 0.3) is 0 Å². The van der Waals surface area contributed by atoms with Gasteiger partial charge in [-0.25, -0.2) is 8.78 Å². The maximum atomic E-state index is 13.9. The molecule has 0 saturated heterocycles. The molecule has 1 heterocycles. The Morgan fingerprint density at radius 1 is 1.33 bits per heavy atom. The maximum absolute atomic E-state index is 13.9. The van der Waals surface area contributed by atoms with E-state index in [1.165, 1.54) is 6.26 Å². The molecule has 1 unspecified atom stereocenters. The molecule has 0 fully saturated rings. The summed E-state index contributed by atoms with van der Waals surface area (Å²) in [5, 5.41) is 2.81. The van der Waals surface area contributed by atoms with Gasteiger partial charge < -0.3 is 9.73 Å². The molecule has 0 amide bonds. The Morgan fingerprint density at radius 3 is 2.72 bits per heavy atom. The van der Waals surface area contributed by atoms with Crippen molar-refractivity contribution in [2.24, 2.45) is 0 Å². The van der Waals surface area contributed by atoms with Gasteiger partial charge in [-0.2, -0.15) is 0 Å². The predicted molar refractivity (Wildman–Crippen MR) is 65.6 cm³/mol. The van der Waals surface area contributed by atoms with Crippen molar-refractivity contribution in [1.82, 2.24) is 5.32 Å². The monoisotopic (exact) mass is 271 g/mol. The lowest BCUT2D eigenvalue weighted by Crippen LogP contribution is -2.22. The zero-order chi connectivity index (χ0) is 13.1. The number of hydrogen-bond acceptors (Lipinski definition) is 2. The second-order valence-electron chi connectivity index (χ2n) is 3.79. The minimum Gasteiger partial charge on any atom is -0.467 e. The molecule has 1 N–H and O–H groups in total. The second kappa shape index (κ2) is 5.50. The summed E-state index contributed by atoms with van der Waals surface area (Å²) < 4.78 is 32.6. The van der Waals surface area contributed by atoms with Crippen LogP contribution in [0.25, 0.3) is 0 Å². The molecule has 0 aliphatic carbocycles. The summed E-state index contributed by atoms with van der Waals surface area (Å²) in [6, 6.07) is 4.94. The lowest BCUT2D eigenvalue weighted by atomic mass is 10.0. The van der Waals surface area contributed by atoms with Gasteiger partial charge in [0.1, 0.15) is 17.4 Å². The normalized spacial score (nSPS) is 12.7. The summed E-state index contributed by atoms with van der Waals surface area (Å²) in [7, 11) is 0. The Hall–Kier alpha value is -1.39. The molecule has 1 aromatic carbocycles. The van der Waals surface area contributed by atoms with Crippen molar-refractivity contribution in [3.63, 3.8) is 0 Å². The van der Waals surface area contributed by atoms with Crippen LogP contribution in [0.3, 0.4) is 0 Å². The van der Waals surface area contributed by atoms with Gasteiger partial charge in [-0.15, -0.1) is 0 Å². The third kappa shape index (κ3) is 2.54. The first-order valence-corrected chi connectivity index (χ1v) is 5.92. The van der Waals surface area contributed by atoms with Crippen molar-refractivity contribution in [2.45, 2.75) is 13.0 Å². The molecule has 0 aliphatic rings. The lowest BCUT2D eigenvalue weighted by molar-refractivity contribution is 0.439. The molecular weight excluding hydrogens is 260 g/mol. The number of halogens is 3. The van der Waals surface area contributed by atoms with E-state index in [0.717, 1.165) is 12.1 Å². The number of hydrogen-bond donors (Lipinski definition) is 1. The van der Waals surface area contributed by atoms with E-state index >= 15 is 0 Å². The summed E-state index contributed by atoms with van der Waals surface area (Å²) in [6.07, 6.45) is 1.49. The molecule has 1 aromatic heterocycles. The third-order valence-corrected chi connectivity index (χ3v) is 2.88. The number of benzene rings is 1. The molecule has 0 spiro atoms. The summed E-state index contributed by atoms with van der Waals surface area (Å²) in [5.74, 6) is -0.691. The summed E-state index contributed by atoms with van der Waals surface area (Å²) in [6.45, 7) is 2.47. The minimum absolute atomic E-state index is 0.175. The van der Waals surface area contributed by atoms with Crippen LogP contribution < -0.4 is 5.32 Å². The highest BCUT2D eigenvalue weighted by Gasteiger charge is 2.21. The smallest absolute Gasteiger partial charge is 0.142 e. The fraction of sp³-hybridized carbons (Fsp3) is 0.231. The minimum atomic E-state index is -0.650. The van der Waals surface area contributed by atoms with Gasteiger partial charge in [-0.3, -0.25) is 0 Å². The van der Waals surface area contributed by atoms with Crippen LogP contribution >= 0.6 is 11.6 Å². The predicted octanol–water partition coefficient (Wildman–Crippen LogP) is 3.91. The Morgan fingerprint density at radius 2 is 2.11 bits per heavy atom. The fourth-order valence-electron chi connectivity index (χ4n) is 1.78. The van der Waals surface area contributed by atoms with E-state index in [-0.39, 0.29) is 10.6 Å². The number of furan rings is 1. The van der Waals surface area contributed by atoms with Crippen molar-refractivity contribution in [2.75, 3.05) is 6.54 Å². The van der Waals surface area contributed by atoms with E-state index in [1.54, 1.807) is 12.1 Å². The van der Waals surface area contributed by atoms with Gasteiger partial charge >= 0.3 is 0 Å². The van der Waals surface area contributed by atoms with Gasteiger partial charge in [0.15, 0.2) is 0 Å². The maximum Gasteiger partial charge on any atom is 0.142 e. The Bertz CT molecular complexity index is 528. The third-order valence-electron chi connectivity index (χ3n) is 2.59. The summed E-state index contributed by atoms with van der Waals surface area (Å²) in [5.41, 5.74) is 0.175. The molecule has 1 atom stereocenters. The standard InChI is InChI=1S/C13H12ClF2NO/c1-2-17-13(12-4-3-5-18-12)8-6-11(16)9(14)7-10(8)15/h3-7,13,17H,2H2,1H3. The van der Waals surface area contributed by atoms with Crippen LogP contribution in [0.5, 0.6) is 0 Å². The average Bonchev–Trinajstić information content (AvgIpc) is 2.85. The Labute approximate surface area is 109 Å². The van der Waals surface area contributed by atoms with Crippen LogP contribution in [0.15, 0.2) is 34.9 Å². The molecule has 2 aromatic rings. The number of rotatable bonds is 4. The van der Waals surface area contributed by atoms with E-state index in [1.807, 2.05) is 6.92 Å². The van der Waals surface area contributed by atoms with Crippen LogP contribution in [0.4, 0.5) is 8.78 Å². The molecular formula is C13H12ClF2NO. The van der Waals surface area contributed by atoms with E-state index < -0.39 is 17.7 Å². The van der Waals surface area contributed by atoms with Crippen LogP contribution in [0.2, 0.25) is 5.02 Å². The molecule has 2 nitrogen and oxygen atoms in total. The quantitative estimate of drug-likeness (QED) is 0.853. The highest BCUT2D eigenvalue weighted by molar-refractivity contribution is 6.30. The van der Waals surface area contributed by atoms with Crippen molar-refractivity contribution in [1.29, 1.82) is 0 Å². The van der Waals surface area contributed by atoms with Gasteiger partial charge in [-0.1, -0.05) is 18.5 Å². The fourth-order valence-corrected chi connectivity index (χ4v) is 1.93. The van der Waals surface area contributed by atoms with Crippen LogP contribution in [-0.2, 0) is 0 Å². The molecule has 0 bridgehead atoms. The van der Waals surface area contributed by atoms with E-state index in [9.17, 15) is 8.78 Å². The highest BCUT2D eigenvalue weighted by Crippen LogP contribution is 2.28. The average molecular weight is 272 g/mol.